The van der Waals surface area contributed by atoms with Crippen molar-refractivity contribution in [2.45, 2.75) is 6.92 Å². The number of oxime groups is 1. The van der Waals surface area contributed by atoms with Gasteiger partial charge in [-0.2, -0.15) is 0 Å². The first-order chi connectivity index (χ1) is 14.4. The van der Waals surface area contributed by atoms with Crippen molar-refractivity contribution in [1.29, 1.82) is 0 Å². The summed E-state index contributed by atoms with van der Waals surface area (Å²) < 4.78 is 11.3. The third kappa shape index (κ3) is 4.27. The summed E-state index contributed by atoms with van der Waals surface area (Å²) in [6.45, 7) is 1.77. The van der Waals surface area contributed by atoms with Gasteiger partial charge in [-0.25, -0.2) is 4.79 Å². The minimum atomic E-state index is -1.10. The van der Waals surface area contributed by atoms with Crippen LogP contribution in [-0.4, -0.2) is 29.2 Å². The van der Waals surface area contributed by atoms with Gasteiger partial charge in [0.2, 0.25) is 0 Å². The molecule has 3 aromatic rings. The molecular formula is C22H21N3O5. The van der Waals surface area contributed by atoms with Gasteiger partial charge in [0, 0.05) is 22.5 Å². The number of nitrogens with one attached hydrogen (secondary N) is 1. The zero-order valence-corrected chi connectivity index (χ0v) is 16.4. The molecule has 30 heavy (non-hydrogen) atoms. The number of rotatable bonds is 7. The van der Waals surface area contributed by atoms with Crippen LogP contribution in [0.25, 0.3) is 0 Å². The van der Waals surface area contributed by atoms with Crippen LogP contribution in [0, 0.1) is 6.92 Å². The van der Waals surface area contributed by atoms with Crippen molar-refractivity contribution >= 4 is 23.2 Å². The Hall–Kier alpha value is -4.20. The van der Waals surface area contributed by atoms with Crippen LogP contribution in [0.4, 0.5) is 11.4 Å². The van der Waals surface area contributed by atoms with E-state index in [0.717, 1.165) is 5.69 Å². The number of carbonyl (C=O) groups is 1. The van der Waals surface area contributed by atoms with Crippen molar-refractivity contribution < 1.29 is 24.6 Å². The standard InChI is InChI=1S/C22H21N3O5/c1-13-17(24-15-9-7-14(8-10-15)21(23)25-28)12-11-16(22(26)27)20(13)30-19-6-4-3-5-18(19)29-2/h3-12,24,28H,1-2H3,(H2,23,25)(H,26,27). The largest absolute Gasteiger partial charge is 0.493 e. The molecule has 154 valence electrons. The first kappa shape index (κ1) is 20.5. The van der Waals surface area contributed by atoms with Crippen LogP contribution >= 0.6 is 0 Å². The molecular weight excluding hydrogens is 386 g/mol. The molecule has 3 aromatic carbocycles. The van der Waals surface area contributed by atoms with Crippen LogP contribution in [0.5, 0.6) is 17.2 Å². The zero-order valence-electron chi connectivity index (χ0n) is 16.4. The zero-order chi connectivity index (χ0) is 21.7. The number of carboxylic acids is 1. The van der Waals surface area contributed by atoms with E-state index in [4.69, 9.17) is 20.4 Å². The summed E-state index contributed by atoms with van der Waals surface area (Å²) in [4.78, 5) is 11.7. The number of anilines is 2. The minimum absolute atomic E-state index is 0.0102. The van der Waals surface area contributed by atoms with Crippen molar-refractivity contribution in [3.8, 4) is 17.2 Å². The molecule has 0 aliphatic heterocycles. The van der Waals surface area contributed by atoms with E-state index in [9.17, 15) is 9.90 Å². The molecule has 0 saturated carbocycles. The highest BCUT2D eigenvalue weighted by Gasteiger charge is 2.19. The Bertz CT molecular complexity index is 1090. The molecule has 0 bridgehead atoms. The Kier molecular flexibility index (Phi) is 6.07. The highest BCUT2D eigenvalue weighted by Crippen LogP contribution is 2.38. The Morgan fingerprint density at radius 2 is 1.70 bits per heavy atom. The number of hydrogen-bond acceptors (Lipinski definition) is 6. The predicted octanol–water partition coefficient (Wildman–Crippen LogP) is 4.33. The van der Waals surface area contributed by atoms with Gasteiger partial charge in [-0.1, -0.05) is 17.3 Å². The fourth-order valence-corrected chi connectivity index (χ4v) is 2.88. The third-order valence-electron chi connectivity index (χ3n) is 4.48. The number of para-hydroxylation sites is 2. The summed E-state index contributed by atoms with van der Waals surface area (Å²) in [5, 5.41) is 24.6. The molecule has 0 saturated heterocycles. The van der Waals surface area contributed by atoms with Crippen LogP contribution in [0.1, 0.15) is 21.5 Å². The monoisotopic (exact) mass is 407 g/mol. The molecule has 0 atom stereocenters. The van der Waals surface area contributed by atoms with Crippen molar-refractivity contribution in [3.63, 3.8) is 0 Å². The van der Waals surface area contributed by atoms with Gasteiger partial charge in [0.05, 0.1) is 7.11 Å². The number of nitrogens with zero attached hydrogens (tertiary/aromatic N) is 1. The molecule has 0 fully saturated rings. The van der Waals surface area contributed by atoms with Gasteiger partial charge in [0.1, 0.15) is 11.3 Å². The van der Waals surface area contributed by atoms with E-state index in [0.29, 0.717) is 28.3 Å². The number of nitrogens with two attached hydrogens (primary N) is 1. The lowest BCUT2D eigenvalue weighted by molar-refractivity contribution is 0.0694. The average Bonchev–Trinajstić information content (AvgIpc) is 2.76. The summed E-state index contributed by atoms with van der Waals surface area (Å²) in [5.41, 5.74) is 8.20. The topological polar surface area (TPSA) is 126 Å². The van der Waals surface area contributed by atoms with Gasteiger partial charge >= 0.3 is 5.97 Å². The second kappa shape index (κ2) is 8.87. The second-order valence-corrected chi connectivity index (χ2v) is 6.36. The van der Waals surface area contributed by atoms with Gasteiger partial charge in [0.15, 0.2) is 17.3 Å². The van der Waals surface area contributed by atoms with Gasteiger partial charge in [-0.15, -0.1) is 0 Å². The van der Waals surface area contributed by atoms with Gasteiger partial charge < -0.3 is 30.8 Å². The lowest BCUT2D eigenvalue weighted by atomic mass is 10.1. The number of benzene rings is 3. The fourth-order valence-electron chi connectivity index (χ4n) is 2.88. The highest BCUT2D eigenvalue weighted by molar-refractivity contribution is 5.97. The van der Waals surface area contributed by atoms with Crippen LogP contribution in [0.2, 0.25) is 0 Å². The molecule has 0 heterocycles. The lowest BCUT2D eigenvalue weighted by Gasteiger charge is -2.17. The van der Waals surface area contributed by atoms with E-state index in [1.165, 1.54) is 13.2 Å². The summed E-state index contributed by atoms with van der Waals surface area (Å²) in [5.74, 6) is 0.0233. The van der Waals surface area contributed by atoms with E-state index in [-0.39, 0.29) is 17.1 Å². The molecule has 0 unspecified atom stereocenters. The van der Waals surface area contributed by atoms with Crippen LogP contribution in [-0.2, 0) is 0 Å². The molecule has 0 spiro atoms. The summed E-state index contributed by atoms with van der Waals surface area (Å²) in [6, 6.07) is 17.1. The Morgan fingerprint density at radius 3 is 2.30 bits per heavy atom. The maximum atomic E-state index is 11.7. The van der Waals surface area contributed by atoms with E-state index in [1.54, 1.807) is 61.5 Å². The summed E-state index contributed by atoms with van der Waals surface area (Å²) >= 11 is 0. The normalized spacial score (nSPS) is 11.1. The number of ether oxygens (including phenoxy) is 2. The maximum Gasteiger partial charge on any atom is 0.339 e. The van der Waals surface area contributed by atoms with Crippen LogP contribution in [0.15, 0.2) is 65.8 Å². The molecule has 8 heteroatoms. The van der Waals surface area contributed by atoms with Crippen LogP contribution < -0.4 is 20.5 Å². The van der Waals surface area contributed by atoms with Crippen molar-refractivity contribution in [2.75, 3.05) is 12.4 Å². The lowest BCUT2D eigenvalue weighted by Crippen LogP contribution is -2.12. The molecule has 0 radical (unpaired) electrons. The first-order valence-electron chi connectivity index (χ1n) is 8.97. The smallest absolute Gasteiger partial charge is 0.339 e. The Balaban J connectivity index is 1.97. The van der Waals surface area contributed by atoms with Crippen molar-refractivity contribution in [2.24, 2.45) is 10.9 Å². The number of amidine groups is 1. The molecule has 8 nitrogen and oxygen atoms in total. The number of carboxylic acid groups (broad SMARTS) is 1. The van der Waals surface area contributed by atoms with Gasteiger partial charge in [0.25, 0.3) is 0 Å². The molecule has 3 rings (SSSR count). The summed E-state index contributed by atoms with van der Waals surface area (Å²) in [6.07, 6.45) is 0. The van der Waals surface area contributed by atoms with E-state index in [1.807, 2.05) is 0 Å². The van der Waals surface area contributed by atoms with Crippen LogP contribution in [0.3, 0.4) is 0 Å². The number of hydrogen-bond donors (Lipinski definition) is 4. The fraction of sp³-hybridized carbons (Fsp3) is 0.0909. The average molecular weight is 407 g/mol. The maximum absolute atomic E-state index is 11.7. The molecule has 5 N–H and O–H groups in total. The van der Waals surface area contributed by atoms with E-state index < -0.39 is 5.97 Å². The third-order valence-corrected chi connectivity index (χ3v) is 4.48. The van der Waals surface area contributed by atoms with Gasteiger partial charge in [-0.05, 0) is 55.5 Å². The number of methoxy groups -OCH3 is 1. The minimum Gasteiger partial charge on any atom is -0.493 e. The van der Waals surface area contributed by atoms with E-state index >= 15 is 0 Å². The van der Waals surface area contributed by atoms with Crippen molar-refractivity contribution in [1.82, 2.24) is 0 Å². The Morgan fingerprint density at radius 1 is 1.03 bits per heavy atom. The quantitative estimate of drug-likeness (QED) is 0.199. The highest BCUT2D eigenvalue weighted by atomic mass is 16.5. The van der Waals surface area contributed by atoms with Crippen molar-refractivity contribution in [3.05, 3.63) is 77.4 Å². The first-order valence-corrected chi connectivity index (χ1v) is 8.97. The SMILES string of the molecule is COc1ccccc1Oc1c(C(=O)O)ccc(Nc2ccc(C(N)=NO)cc2)c1C. The van der Waals surface area contributed by atoms with E-state index in [2.05, 4.69) is 10.5 Å². The molecule has 0 amide bonds. The predicted molar refractivity (Wildman–Crippen MR) is 113 cm³/mol. The Labute approximate surface area is 173 Å². The molecule has 0 aliphatic carbocycles. The molecule has 0 aromatic heterocycles. The second-order valence-electron chi connectivity index (χ2n) is 6.36. The summed E-state index contributed by atoms with van der Waals surface area (Å²) in [7, 11) is 1.52. The molecule has 0 aliphatic rings. The number of aromatic carboxylic acids is 1. The van der Waals surface area contributed by atoms with Gasteiger partial charge in [-0.3, -0.25) is 0 Å².